The summed E-state index contributed by atoms with van der Waals surface area (Å²) in [6, 6.07) is 9.79. The van der Waals surface area contributed by atoms with Gasteiger partial charge < -0.3 is 9.26 Å². The summed E-state index contributed by atoms with van der Waals surface area (Å²) in [6.45, 7) is 2.29. The fourth-order valence-corrected chi connectivity index (χ4v) is 3.38. The number of carbonyl (C=O) groups excluding carboxylic acids is 1. The highest BCUT2D eigenvalue weighted by atomic mass is 16.5. The van der Waals surface area contributed by atoms with Gasteiger partial charge in [0, 0.05) is 17.9 Å². The predicted octanol–water partition coefficient (Wildman–Crippen LogP) is 2.23. The SMILES string of the molecule is O=C1OCCC1N1CCC(c2nc(-c3ccccc3)no2)CC1. The van der Waals surface area contributed by atoms with Crippen LogP contribution in [0.4, 0.5) is 0 Å². The van der Waals surface area contributed by atoms with Crippen LogP contribution in [0.3, 0.4) is 0 Å². The van der Waals surface area contributed by atoms with Crippen molar-refractivity contribution in [3.63, 3.8) is 0 Å². The maximum Gasteiger partial charge on any atom is 0.323 e. The van der Waals surface area contributed by atoms with Crippen molar-refractivity contribution < 1.29 is 14.1 Å². The number of hydrogen-bond donors (Lipinski definition) is 0. The Labute approximate surface area is 134 Å². The second-order valence-corrected chi connectivity index (χ2v) is 6.10. The lowest BCUT2D eigenvalue weighted by molar-refractivity contribution is -0.142. The van der Waals surface area contributed by atoms with Crippen LogP contribution in [0.15, 0.2) is 34.9 Å². The molecule has 1 atom stereocenters. The Bertz CT molecular complexity index is 677. The highest BCUT2D eigenvalue weighted by molar-refractivity contribution is 5.77. The van der Waals surface area contributed by atoms with E-state index in [-0.39, 0.29) is 17.9 Å². The smallest absolute Gasteiger partial charge is 0.323 e. The largest absolute Gasteiger partial charge is 0.464 e. The molecule has 4 rings (SSSR count). The van der Waals surface area contributed by atoms with Crippen molar-refractivity contribution in [2.24, 2.45) is 0 Å². The van der Waals surface area contributed by atoms with Crippen LogP contribution in [-0.4, -0.2) is 46.7 Å². The quantitative estimate of drug-likeness (QED) is 0.810. The summed E-state index contributed by atoms with van der Waals surface area (Å²) >= 11 is 0. The Kier molecular flexibility index (Phi) is 3.83. The Morgan fingerprint density at radius 3 is 2.57 bits per heavy atom. The molecule has 2 aliphatic heterocycles. The van der Waals surface area contributed by atoms with Gasteiger partial charge in [-0.05, 0) is 25.9 Å². The average Bonchev–Trinajstić information content (AvgIpc) is 3.25. The Hall–Kier alpha value is -2.21. The molecule has 0 radical (unpaired) electrons. The third-order valence-electron chi connectivity index (χ3n) is 4.70. The van der Waals surface area contributed by atoms with E-state index < -0.39 is 0 Å². The van der Waals surface area contributed by atoms with E-state index in [0.29, 0.717) is 18.3 Å². The molecule has 0 bridgehead atoms. The van der Waals surface area contributed by atoms with Gasteiger partial charge >= 0.3 is 5.97 Å². The van der Waals surface area contributed by atoms with E-state index in [1.165, 1.54) is 0 Å². The molecular weight excluding hydrogens is 294 g/mol. The first kappa shape index (κ1) is 14.4. The molecule has 6 heteroatoms. The lowest BCUT2D eigenvalue weighted by Gasteiger charge is -2.32. The van der Waals surface area contributed by atoms with Crippen molar-refractivity contribution in [1.29, 1.82) is 0 Å². The van der Waals surface area contributed by atoms with E-state index in [1.807, 2.05) is 30.3 Å². The molecule has 2 saturated heterocycles. The van der Waals surface area contributed by atoms with E-state index >= 15 is 0 Å². The third kappa shape index (κ3) is 2.86. The average molecular weight is 313 g/mol. The second kappa shape index (κ2) is 6.12. The van der Waals surface area contributed by atoms with Gasteiger partial charge in [-0.3, -0.25) is 9.69 Å². The van der Waals surface area contributed by atoms with E-state index in [9.17, 15) is 4.79 Å². The van der Waals surface area contributed by atoms with Gasteiger partial charge in [0.1, 0.15) is 6.04 Å². The molecule has 0 amide bonds. The molecule has 6 nitrogen and oxygen atoms in total. The summed E-state index contributed by atoms with van der Waals surface area (Å²) in [6.07, 6.45) is 2.67. The monoisotopic (exact) mass is 313 g/mol. The standard InChI is InChI=1S/C17H19N3O3/c21-17-14(8-11-22-17)20-9-6-13(7-10-20)16-18-15(19-23-16)12-4-2-1-3-5-12/h1-5,13-14H,6-11H2. The van der Waals surface area contributed by atoms with E-state index in [4.69, 9.17) is 9.26 Å². The molecule has 2 aliphatic rings. The number of rotatable bonds is 3. The summed E-state index contributed by atoms with van der Waals surface area (Å²) in [5, 5.41) is 4.10. The van der Waals surface area contributed by atoms with Crippen molar-refractivity contribution in [2.75, 3.05) is 19.7 Å². The fraction of sp³-hybridized carbons (Fsp3) is 0.471. The minimum atomic E-state index is -0.0763. The molecule has 0 aliphatic carbocycles. The van der Waals surface area contributed by atoms with Crippen molar-refractivity contribution in [1.82, 2.24) is 15.0 Å². The van der Waals surface area contributed by atoms with Crippen LogP contribution in [0, 0.1) is 0 Å². The number of ether oxygens (including phenoxy) is 1. The first-order chi connectivity index (χ1) is 11.3. The van der Waals surface area contributed by atoms with Gasteiger partial charge in [0.2, 0.25) is 11.7 Å². The minimum absolute atomic E-state index is 0.0569. The number of carbonyl (C=O) groups is 1. The van der Waals surface area contributed by atoms with Crippen LogP contribution in [-0.2, 0) is 9.53 Å². The minimum Gasteiger partial charge on any atom is -0.464 e. The number of cyclic esters (lactones) is 1. The van der Waals surface area contributed by atoms with Crippen molar-refractivity contribution in [3.05, 3.63) is 36.2 Å². The van der Waals surface area contributed by atoms with Crippen LogP contribution in [0.25, 0.3) is 11.4 Å². The summed E-state index contributed by atoms with van der Waals surface area (Å²) in [4.78, 5) is 18.5. The van der Waals surface area contributed by atoms with Gasteiger partial charge in [-0.1, -0.05) is 35.5 Å². The van der Waals surface area contributed by atoms with Crippen LogP contribution in [0.2, 0.25) is 0 Å². The molecular formula is C17H19N3O3. The maximum atomic E-state index is 11.7. The van der Waals surface area contributed by atoms with E-state index in [1.54, 1.807) is 0 Å². The molecule has 0 saturated carbocycles. The Morgan fingerprint density at radius 2 is 1.87 bits per heavy atom. The molecule has 1 aromatic carbocycles. The third-order valence-corrected chi connectivity index (χ3v) is 4.70. The van der Waals surface area contributed by atoms with Crippen molar-refractivity contribution >= 4 is 5.97 Å². The highest BCUT2D eigenvalue weighted by Crippen LogP contribution is 2.30. The zero-order chi connectivity index (χ0) is 15.6. The Balaban J connectivity index is 1.41. The lowest BCUT2D eigenvalue weighted by atomic mass is 9.95. The molecule has 1 unspecified atom stereocenters. The summed E-state index contributed by atoms with van der Waals surface area (Å²) in [7, 11) is 0. The summed E-state index contributed by atoms with van der Waals surface area (Å²) in [5.41, 5.74) is 0.966. The van der Waals surface area contributed by atoms with Crippen LogP contribution in [0.1, 0.15) is 31.1 Å². The number of esters is 1. The van der Waals surface area contributed by atoms with Crippen LogP contribution in [0.5, 0.6) is 0 Å². The lowest BCUT2D eigenvalue weighted by Crippen LogP contribution is -2.43. The van der Waals surface area contributed by atoms with Gasteiger partial charge in [-0.2, -0.15) is 4.98 Å². The zero-order valence-corrected chi connectivity index (χ0v) is 12.9. The molecule has 2 fully saturated rings. The molecule has 1 aromatic heterocycles. The molecule has 0 N–H and O–H groups in total. The number of aromatic nitrogens is 2. The summed E-state index contributed by atoms with van der Waals surface area (Å²) in [5.74, 6) is 1.54. The van der Waals surface area contributed by atoms with E-state index in [0.717, 1.165) is 37.9 Å². The molecule has 2 aromatic rings. The van der Waals surface area contributed by atoms with Gasteiger partial charge in [0.05, 0.1) is 6.61 Å². The molecule has 0 spiro atoms. The molecule has 23 heavy (non-hydrogen) atoms. The van der Waals surface area contributed by atoms with Crippen molar-refractivity contribution in [2.45, 2.75) is 31.2 Å². The maximum absolute atomic E-state index is 11.7. The van der Waals surface area contributed by atoms with Gasteiger partial charge in [0.15, 0.2) is 0 Å². The predicted molar refractivity (Wildman–Crippen MR) is 82.6 cm³/mol. The van der Waals surface area contributed by atoms with Gasteiger partial charge in [-0.25, -0.2) is 0 Å². The first-order valence-corrected chi connectivity index (χ1v) is 8.11. The van der Waals surface area contributed by atoms with Crippen LogP contribution < -0.4 is 0 Å². The van der Waals surface area contributed by atoms with Crippen molar-refractivity contribution in [3.8, 4) is 11.4 Å². The van der Waals surface area contributed by atoms with Gasteiger partial charge in [0.25, 0.3) is 0 Å². The Morgan fingerprint density at radius 1 is 1.09 bits per heavy atom. The zero-order valence-electron chi connectivity index (χ0n) is 12.9. The number of benzene rings is 1. The molecule has 3 heterocycles. The normalized spacial score (nSPS) is 23.1. The van der Waals surface area contributed by atoms with E-state index in [2.05, 4.69) is 15.0 Å². The molecule has 120 valence electrons. The fourth-order valence-electron chi connectivity index (χ4n) is 3.38. The summed E-state index contributed by atoms with van der Waals surface area (Å²) < 4.78 is 10.5. The second-order valence-electron chi connectivity index (χ2n) is 6.10. The number of likely N-dealkylation sites (tertiary alicyclic amines) is 1. The van der Waals surface area contributed by atoms with Crippen LogP contribution >= 0.6 is 0 Å². The number of piperidine rings is 1. The first-order valence-electron chi connectivity index (χ1n) is 8.11. The number of nitrogens with zero attached hydrogens (tertiary/aromatic N) is 3. The number of hydrogen-bond acceptors (Lipinski definition) is 6. The topological polar surface area (TPSA) is 68.5 Å². The highest BCUT2D eigenvalue weighted by Gasteiger charge is 2.35. The van der Waals surface area contributed by atoms with Gasteiger partial charge in [-0.15, -0.1) is 0 Å².